The molecule has 3 fully saturated rings. The summed E-state index contributed by atoms with van der Waals surface area (Å²) in [6.45, 7) is 4.05. The van der Waals surface area contributed by atoms with Gasteiger partial charge in [0.25, 0.3) is 6.47 Å². The van der Waals surface area contributed by atoms with Crippen molar-refractivity contribution in [2.24, 2.45) is 17.6 Å². The van der Waals surface area contributed by atoms with E-state index in [1.807, 2.05) is 4.90 Å². The Bertz CT molecular complexity index is 1430. The number of nitrogens with zero attached hydrogens (tertiary/aromatic N) is 3. The Balaban J connectivity index is 0.00000124. The van der Waals surface area contributed by atoms with E-state index in [4.69, 9.17) is 27.2 Å². The van der Waals surface area contributed by atoms with Crippen LogP contribution in [0.5, 0.6) is 0 Å². The van der Waals surface area contributed by atoms with Crippen LogP contribution in [-0.2, 0) is 29.2 Å². The predicted molar refractivity (Wildman–Crippen MR) is 151 cm³/mol. The molecule has 4 N–H and O–H groups in total. The van der Waals surface area contributed by atoms with E-state index < -0.39 is 40.5 Å². The molecule has 0 radical (unpaired) electrons. The maximum atomic E-state index is 13.7. The second-order valence-electron chi connectivity index (χ2n) is 10.7. The van der Waals surface area contributed by atoms with Crippen molar-refractivity contribution in [3.05, 3.63) is 41.4 Å². The number of carbonyl (C=O) groups excluding carboxylic acids is 3. The van der Waals surface area contributed by atoms with E-state index in [1.54, 1.807) is 31.2 Å². The van der Waals surface area contributed by atoms with Crippen molar-refractivity contribution < 1.29 is 32.7 Å². The normalized spacial score (nSPS) is 23.2. The highest BCUT2D eigenvalue weighted by molar-refractivity contribution is 7.89. The summed E-state index contributed by atoms with van der Waals surface area (Å²) in [5, 5.41) is 12.2. The first-order valence-electron chi connectivity index (χ1n) is 13.3. The number of benzene rings is 2. The lowest BCUT2D eigenvalue weighted by Crippen LogP contribution is -2.57. The number of hydrogen-bond donors (Lipinski definition) is 3. The molecule has 0 spiro atoms. The first-order chi connectivity index (χ1) is 19.5. The third kappa shape index (κ3) is 6.64. The number of nitrogens with one attached hydrogen (secondary N) is 1. The van der Waals surface area contributed by atoms with Crippen LogP contribution < -0.4 is 11.1 Å². The van der Waals surface area contributed by atoms with Crippen LogP contribution in [-0.4, -0.2) is 103 Å². The molecule has 0 aliphatic carbocycles. The van der Waals surface area contributed by atoms with E-state index in [1.165, 1.54) is 17.0 Å². The van der Waals surface area contributed by atoms with Crippen LogP contribution in [0, 0.1) is 11.8 Å². The molecule has 2 aromatic carbocycles. The lowest BCUT2D eigenvalue weighted by atomic mass is 9.85. The summed E-state index contributed by atoms with van der Waals surface area (Å²) in [5.74, 6) is -0.704. The van der Waals surface area contributed by atoms with Gasteiger partial charge in [0.05, 0.1) is 11.4 Å². The molecule has 0 aromatic heterocycles. The predicted octanol–water partition coefficient (Wildman–Crippen LogP) is 0.727. The van der Waals surface area contributed by atoms with Gasteiger partial charge in [-0.1, -0.05) is 23.7 Å². The van der Waals surface area contributed by atoms with Gasteiger partial charge in [-0.15, -0.1) is 0 Å². The fraction of sp³-hybridized carbons (Fsp3) is 0.481. The minimum Gasteiger partial charge on any atom is -0.483 e. The minimum absolute atomic E-state index is 0.0580. The maximum absolute atomic E-state index is 13.7. The Kier molecular flexibility index (Phi) is 9.52. The Morgan fingerprint density at radius 2 is 1.78 bits per heavy atom. The highest BCUT2D eigenvalue weighted by atomic mass is 35.5. The van der Waals surface area contributed by atoms with Crippen LogP contribution in [0.2, 0.25) is 5.02 Å². The SMILES string of the molecule is C[C@@H](C(=O)N1C[C@@H]2CNC[C@@H](C2)C1)N1CC[C@H](N(CC(N)=O)S(=O)(=O)c2ccc3cc(Cl)ccc3c2)C1=O.O=CO. The standard InChI is InChI=1S/C26H32ClN5O5S.CH2O2/c1-16(25(34)30-13-17-8-18(14-30)12-29-11-17)31-7-6-23(26(31)35)32(15-24(28)33)38(36,37)22-5-3-19-9-21(27)4-2-20(19)10-22;2-1-3/h2-5,9-10,16-18,23,29H,6-8,11-15H2,1H3,(H2,28,33);1H,(H,2,3)/t16-,17-,18+,23-;/m0./s1. The summed E-state index contributed by atoms with van der Waals surface area (Å²) in [6, 6.07) is 7.76. The lowest BCUT2D eigenvalue weighted by Gasteiger charge is -2.43. The zero-order chi connectivity index (χ0) is 29.9. The van der Waals surface area contributed by atoms with E-state index in [2.05, 4.69) is 5.32 Å². The van der Waals surface area contributed by atoms with Crippen molar-refractivity contribution in [1.29, 1.82) is 0 Å². The molecule has 2 bridgehead atoms. The summed E-state index contributed by atoms with van der Waals surface area (Å²) in [7, 11) is -4.26. The molecule has 5 rings (SSSR count). The molecule has 41 heavy (non-hydrogen) atoms. The van der Waals surface area contributed by atoms with Crippen molar-refractivity contribution in [3.8, 4) is 0 Å². The molecule has 222 valence electrons. The van der Waals surface area contributed by atoms with Gasteiger partial charge in [-0.2, -0.15) is 4.31 Å². The molecule has 14 heteroatoms. The molecule has 3 aliphatic heterocycles. The summed E-state index contributed by atoms with van der Waals surface area (Å²) >= 11 is 6.04. The summed E-state index contributed by atoms with van der Waals surface area (Å²) in [6.07, 6.45) is 1.25. The van der Waals surface area contributed by atoms with Crippen LogP contribution in [0.4, 0.5) is 0 Å². The van der Waals surface area contributed by atoms with E-state index in [0.29, 0.717) is 35.3 Å². The molecule has 2 aromatic rings. The van der Waals surface area contributed by atoms with E-state index in [9.17, 15) is 22.8 Å². The van der Waals surface area contributed by atoms with Crippen molar-refractivity contribution in [3.63, 3.8) is 0 Å². The zero-order valence-electron chi connectivity index (χ0n) is 22.6. The fourth-order valence-electron chi connectivity index (χ4n) is 6.03. The van der Waals surface area contributed by atoms with Crippen LogP contribution in [0.25, 0.3) is 10.8 Å². The van der Waals surface area contributed by atoms with Gasteiger partial charge >= 0.3 is 0 Å². The number of likely N-dealkylation sites (tertiary alicyclic amines) is 2. The Morgan fingerprint density at radius 3 is 2.41 bits per heavy atom. The van der Waals surface area contributed by atoms with E-state index in [0.717, 1.165) is 29.2 Å². The average Bonchev–Trinajstić information content (AvgIpc) is 3.31. The van der Waals surface area contributed by atoms with Crippen molar-refractivity contribution in [1.82, 2.24) is 19.4 Å². The number of primary amides is 1. The van der Waals surface area contributed by atoms with Gasteiger partial charge in [0.15, 0.2) is 0 Å². The molecule has 4 atom stereocenters. The molecule has 12 nitrogen and oxygen atoms in total. The smallest absolute Gasteiger partial charge is 0.290 e. The number of hydrogen-bond acceptors (Lipinski definition) is 7. The summed E-state index contributed by atoms with van der Waals surface area (Å²) in [4.78, 5) is 50.4. The van der Waals surface area contributed by atoms with Gasteiger partial charge in [0.2, 0.25) is 27.7 Å². The van der Waals surface area contributed by atoms with Gasteiger partial charge in [-0.05, 0) is 79.7 Å². The van der Waals surface area contributed by atoms with Crippen molar-refractivity contribution in [2.45, 2.75) is 36.7 Å². The van der Waals surface area contributed by atoms with E-state index >= 15 is 0 Å². The topological polar surface area (TPSA) is 170 Å². The lowest BCUT2D eigenvalue weighted by molar-refractivity contribution is -0.146. The number of carbonyl (C=O) groups is 4. The molecule has 3 amide bonds. The molecule has 3 aliphatic rings. The average molecular weight is 608 g/mol. The largest absolute Gasteiger partial charge is 0.483 e. The van der Waals surface area contributed by atoms with Gasteiger partial charge in [-0.3, -0.25) is 19.2 Å². The van der Waals surface area contributed by atoms with Gasteiger partial charge in [0, 0.05) is 24.7 Å². The molecular formula is C27H34ClN5O7S. The summed E-state index contributed by atoms with van der Waals surface area (Å²) in [5.41, 5.74) is 5.42. The monoisotopic (exact) mass is 607 g/mol. The molecule has 0 unspecified atom stereocenters. The number of nitrogens with two attached hydrogens (primary N) is 1. The second-order valence-corrected chi connectivity index (χ2v) is 13.0. The number of halogens is 1. The highest BCUT2D eigenvalue weighted by Crippen LogP contribution is 2.30. The number of amides is 3. The first-order valence-corrected chi connectivity index (χ1v) is 15.1. The molecule has 3 heterocycles. The Morgan fingerprint density at radius 1 is 1.17 bits per heavy atom. The third-order valence-corrected chi connectivity index (χ3v) is 9.96. The molecular weight excluding hydrogens is 574 g/mol. The van der Waals surface area contributed by atoms with Crippen LogP contribution in [0.15, 0.2) is 41.3 Å². The number of rotatable bonds is 7. The maximum Gasteiger partial charge on any atom is 0.290 e. The van der Waals surface area contributed by atoms with Gasteiger partial charge in [-0.25, -0.2) is 8.42 Å². The third-order valence-electron chi connectivity index (χ3n) is 7.88. The number of sulfonamides is 1. The van der Waals surface area contributed by atoms with E-state index in [-0.39, 0.29) is 30.2 Å². The fourth-order valence-corrected chi connectivity index (χ4v) is 7.82. The Labute approximate surface area is 243 Å². The van der Waals surface area contributed by atoms with Crippen molar-refractivity contribution >= 4 is 56.6 Å². The summed E-state index contributed by atoms with van der Waals surface area (Å²) < 4.78 is 28.3. The number of piperidine rings is 2. The van der Waals surface area contributed by atoms with Crippen molar-refractivity contribution in [2.75, 3.05) is 39.3 Å². The first kappa shape index (κ1) is 30.7. The van der Waals surface area contributed by atoms with Crippen LogP contribution in [0.1, 0.15) is 19.8 Å². The van der Waals surface area contributed by atoms with Crippen LogP contribution in [0.3, 0.4) is 0 Å². The zero-order valence-corrected chi connectivity index (χ0v) is 24.2. The van der Waals surface area contributed by atoms with Gasteiger partial charge in [0.1, 0.15) is 12.1 Å². The number of fused-ring (bicyclic) bond motifs is 3. The minimum atomic E-state index is -4.26. The molecule has 3 saturated heterocycles. The Hall–Kier alpha value is -3.26. The molecule has 0 saturated carbocycles. The van der Waals surface area contributed by atoms with Gasteiger partial charge < -0.3 is 26.0 Å². The number of carboxylic acid groups (broad SMARTS) is 1. The highest BCUT2D eigenvalue weighted by Gasteiger charge is 2.46. The van der Waals surface area contributed by atoms with Crippen LogP contribution >= 0.6 is 11.6 Å². The quantitative estimate of drug-likeness (QED) is 0.387. The second kappa shape index (κ2) is 12.7.